The van der Waals surface area contributed by atoms with Gasteiger partial charge in [0.05, 0.1) is 5.41 Å². The number of aliphatic carboxylic acids is 1. The third-order valence-corrected chi connectivity index (χ3v) is 4.92. The van der Waals surface area contributed by atoms with Gasteiger partial charge in [0.25, 0.3) is 0 Å². The van der Waals surface area contributed by atoms with Crippen LogP contribution in [0.1, 0.15) is 32.1 Å². The Balaban J connectivity index is 2.58. The van der Waals surface area contributed by atoms with Gasteiger partial charge in [-0.05, 0) is 30.7 Å². The van der Waals surface area contributed by atoms with Crippen molar-refractivity contribution in [3.63, 3.8) is 0 Å². The Morgan fingerprint density at radius 1 is 1.45 bits per heavy atom. The Labute approximate surface area is 124 Å². The predicted octanol–water partition coefficient (Wildman–Crippen LogP) is 2.89. The maximum atomic E-state index is 12.2. The van der Waals surface area contributed by atoms with Gasteiger partial charge in [-0.25, -0.2) is 0 Å². The Morgan fingerprint density at radius 2 is 2.10 bits per heavy atom. The molecule has 112 valence electrons. The van der Waals surface area contributed by atoms with Crippen molar-refractivity contribution >= 4 is 23.2 Å². The lowest BCUT2D eigenvalue weighted by atomic mass is 9.76. The van der Waals surface area contributed by atoms with E-state index in [9.17, 15) is 14.7 Å². The van der Waals surface area contributed by atoms with Crippen LogP contribution in [-0.4, -0.2) is 35.5 Å². The molecule has 20 heavy (non-hydrogen) atoms. The third-order valence-electron chi connectivity index (χ3n) is 3.98. The van der Waals surface area contributed by atoms with E-state index in [1.54, 1.807) is 30.2 Å². The number of hydrogen-bond acceptors (Lipinski definition) is 3. The van der Waals surface area contributed by atoms with E-state index in [0.29, 0.717) is 6.54 Å². The molecule has 0 spiro atoms. The SMILES string of the molecule is CC(C)C(C)(CC(=O)N(C)CCc1cccs1)C(=O)O. The predicted molar refractivity (Wildman–Crippen MR) is 80.9 cm³/mol. The summed E-state index contributed by atoms with van der Waals surface area (Å²) in [5.41, 5.74) is -1.01. The van der Waals surface area contributed by atoms with Gasteiger partial charge in [-0.1, -0.05) is 19.9 Å². The molecule has 0 saturated heterocycles. The Bertz CT molecular complexity index is 456. The molecule has 0 aliphatic rings. The number of carbonyl (C=O) groups excluding carboxylic acids is 1. The highest BCUT2D eigenvalue weighted by atomic mass is 32.1. The monoisotopic (exact) mass is 297 g/mol. The van der Waals surface area contributed by atoms with Gasteiger partial charge < -0.3 is 10.0 Å². The van der Waals surface area contributed by atoms with E-state index in [4.69, 9.17) is 0 Å². The van der Waals surface area contributed by atoms with Gasteiger partial charge in [0, 0.05) is 24.9 Å². The van der Waals surface area contributed by atoms with Crippen LogP contribution in [0.5, 0.6) is 0 Å². The number of carbonyl (C=O) groups is 2. The highest BCUT2D eigenvalue weighted by Crippen LogP contribution is 2.32. The Hall–Kier alpha value is -1.36. The molecule has 0 aromatic carbocycles. The molecule has 4 nitrogen and oxygen atoms in total. The topological polar surface area (TPSA) is 57.6 Å². The average Bonchev–Trinajstić information content (AvgIpc) is 2.88. The van der Waals surface area contributed by atoms with Crippen molar-refractivity contribution in [2.75, 3.05) is 13.6 Å². The molecule has 0 saturated carbocycles. The molecular formula is C15H23NO3S. The van der Waals surface area contributed by atoms with Gasteiger partial charge in [-0.3, -0.25) is 9.59 Å². The van der Waals surface area contributed by atoms with Gasteiger partial charge in [0.1, 0.15) is 0 Å². The fourth-order valence-electron chi connectivity index (χ4n) is 1.83. The minimum atomic E-state index is -1.01. The number of rotatable bonds is 7. The summed E-state index contributed by atoms with van der Waals surface area (Å²) in [5.74, 6) is -1.11. The minimum absolute atomic E-state index is 0.0426. The molecule has 0 aliphatic heterocycles. The molecule has 1 atom stereocenters. The smallest absolute Gasteiger partial charge is 0.310 e. The highest BCUT2D eigenvalue weighted by molar-refractivity contribution is 7.09. The molecular weight excluding hydrogens is 274 g/mol. The van der Waals surface area contributed by atoms with Crippen LogP contribution in [0.15, 0.2) is 17.5 Å². The number of carboxylic acids is 1. The molecule has 1 heterocycles. The van der Waals surface area contributed by atoms with Crippen LogP contribution < -0.4 is 0 Å². The molecule has 1 aromatic heterocycles. The standard InChI is InChI=1S/C15H23NO3S/c1-11(2)15(3,14(18)19)10-13(17)16(4)8-7-12-6-5-9-20-12/h5-6,9,11H,7-8,10H2,1-4H3,(H,18,19). The van der Waals surface area contributed by atoms with Gasteiger partial charge in [-0.15, -0.1) is 11.3 Å². The zero-order chi connectivity index (χ0) is 15.3. The number of hydrogen-bond donors (Lipinski definition) is 1. The van der Waals surface area contributed by atoms with Crippen LogP contribution in [0, 0.1) is 11.3 Å². The molecule has 5 heteroatoms. The first-order valence-corrected chi connectivity index (χ1v) is 7.65. The highest BCUT2D eigenvalue weighted by Gasteiger charge is 2.39. The first-order valence-electron chi connectivity index (χ1n) is 6.77. The minimum Gasteiger partial charge on any atom is -0.481 e. The van der Waals surface area contributed by atoms with Crippen molar-refractivity contribution in [3.8, 4) is 0 Å². The quantitative estimate of drug-likeness (QED) is 0.842. The van der Waals surface area contributed by atoms with Crippen LogP contribution in [-0.2, 0) is 16.0 Å². The largest absolute Gasteiger partial charge is 0.481 e. The summed E-state index contributed by atoms with van der Waals surface area (Å²) in [6, 6.07) is 4.03. The first-order chi connectivity index (χ1) is 9.27. The molecule has 0 fully saturated rings. The van der Waals surface area contributed by atoms with Crippen LogP contribution in [0.4, 0.5) is 0 Å². The van der Waals surface area contributed by atoms with E-state index >= 15 is 0 Å². The molecule has 0 bridgehead atoms. The van der Waals surface area contributed by atoms with Crippen LogP contribution in [0.25, 0.3) is 0 Å². The van der Waals surface area contributed by atoms with Crippen LogP contribution in [0.2, 0.25) is 0 Å². The first kappa shape index (κ1) is 16.7. The van der Waals surface area contributed by atoms with Crippen LogP contribution >= 0.6 is 11.3 Å². The second-order valence-electron chi connectivity index (χ2n) is 5.70. The van der Waals surface area contributed by atoms with Crippen molar-refractivity contribution in [2.24, 2.45) is 11.3 Å². The zero-order valence-corrected chi connectivity index (χ0v) is 13.4. The summed E-state index contributed by atoms with van der Waals surface area (Å²) in [6.45, 7) is 5.94. The van der Waals surface area contributed by atoms with Crippen molar-refractivity contribution in [1.82, 2.24) is 4.90 Å². The summed E-state index contributed by atoms with van der Waals surface area (Å²) >= 11 is 1.67. The molecule has 1 unspecified atom stereocenters. The summed E-state index contributed by atoms with van der Waals surface area (Å²) in [6.07, 6.45) is 0.853. The maximum Gasteiger partial charge on any atom is 0.310 e. The second-order valence-corrected chi connectivity index (χ2v) is 6.73. The third kappa shape index (κ3) is 4.07. The lowest BCUT2D eigenvalue weighted by Gasteiger charge is -2.30. The van der Waals surface area contributed by atoms with Gasteiger partial charge in [0.2, 0.25) is 5.91 Å². The van der Waals surface area contributed by atoms with Crippen molar-refractivity contribution < 1.29 is 14.7 Å². The van der Waals surface area contributed by atoms with E-state index in [1.807, 2.05) is 31.4 Å². The fourth-order valence-corrected chi connectivity index (χ4v) is 2.53. The fraction of sp³-hybridized carbons (Fsp3) is 0.600. The lowest BCUT2D eigenvalue weighted by Crippen LogP contribution is -2.40. The molecule has 1 N–H and O–H groups in total. The number of thiophene rings is 1. The van der Waals surface area contributed by atoms with E-state index < -0.39 is 11.4 Å². The Morgan fingerprint density at radius 3 is 2.55 bits per heavy atom. The van der Waals surface area contributed by atoms with E-state index in [0.717, 1.165) is 6.42 Å². The van der Waals surface area contributed by atoms with Gasteiger partial charge in [0.15, 0.2) is 0 Å². The molecule has 0 radical (unpaired) electrons. The van der Waals surface area contributed by atoms with E-state index in [2.05, 4.69) is 0 Å². The summed E-state index contributed by atoms with van der Waals surface area (Å²) in [4.78, 5) is 26.4. The average molecular weight is 297 g/mol. The van der Waals surface area contributed by atoms with Gasteiger partial charge >= 0.3 is 5.97 Å². The molecule has 1 rings (SSSR count). The molecule has 1 aromatic rings. The van der Waals surface area contributed by atoms with Crippen molar-refractivity contribution in [1.29, 1.82) is 0 Å². The Kier molecular flexibility index (Phi) is 5.74. The second kappa shape index (κ2) is 6.88. The maximum absolute atomic E-state index is 12.2. The van der Waals surface area contributed by atoms with E-state index in [1.165, 1.54) is 4.88 Å². The number of nitrogens with zero attached hydrogens (tertiary/aromatic N) is 1. The normalized spacial score (nSPS) is 14.1. The number of amides is 1. The number of likely N-dealkylation sites (N-methyl/N-ethyl adjacent to an activating group) is 1. The van der Waals surface area contributed by atoms with Gasteiger partial charge in [-0.2, -0.15) is 0 Å². The molecule has 1 amide bonds. The van der Waals surface area contributed by atoms with Crippen LogP contribution in [0.3, 0.4) is 0 Å². The summed E-state index contributed by atoms with van der Waals surface area (Å²) < 4.78 is 0. The zero-order valence-electron chi connectivity index (χ0n) is 12.5. The lowest BCUT2D eigenvalue weighted by molar-refractivity contribution is -0.155. The summed E-state index contributed by atoms with van der Waals surface area (Å²) in [7, 11) is 1.73. The van der Waals surface area contributed by atoms with Crippen molar-refractivity contribution in [2.45, 2.75) is 33.6 Å². The molecule has 0 aliphatic carbocycles. The number of carboxylic acid groups (broad SMARTS) is 1. The summed E-state index contributed by atoms with van der Waals surface area (Å²) in [5, 5.41) is 11.4. The van der Waals surface area contributed by atoms with E-state index in [-0.39, 0.29) is 18.2 Å². The van der Waals surface area contributed by atoms with Crippen molar-refractivity contribution in [3.05, 3.63) is 22.4 Å².